The summed E-state index contributed by atoms with van der Waals surface area (Å²) in [6.07, 6.45) is 1.95. The highest BCUT2D eigenvalue weighted by Crippen LogP contribution is 2.24. The van der Waals surface area contributed by atoms with Crippen molar-refractivity contribution in [2.45, 2.75) is 38.1 Å². The number of amides is 1. The molecule has 1 heterocycles. The molecule has 0 saturated carbocycles. The first-order valence-electron chi connectivity index (χ1n) is 10.4. The molecular weight excluding hydrogens is 380 g/mol. The van der Waals surface area contributed by atoms with Crippen LogP contribution in [0.5, 0.6) is 0 Å². The van der Waals surface area contributed by atoms with Gasteiger partial charge in [-0.25, -0.2) is 0 Å². The van der Waals surface area contributed by atoms with Crippen LogP contribution in [-0.4, -0.2) is 53.3 Å². The Morgan fingerprint density at radius 3 is 2.10 bits per heavy atom. The number of aliphatic carboxylic acids is 1. The van der Waals surface area contributed by atoms with E-state index in [1.165, 1.54) is 5.56 Å². The van der Waals surface area contributed by atoms with Crippen molar-refractivity contribution in [2.24, 2.45) is 0 Å². The molecule has 1 aliphatic rings. The number of piperidine rings is 1. The quantitative estimate of drug-likeness (QED) is 0.645. The molecule has 1 fully saturated rings. The number of nitrogens with zero attached hydrogens (tertiary/aromatic N) is 2. The molecule has 0 radical (unpaired) electrons. The summed E-state index contributed by atoms with van der Waals surface area (Å²) in [5.41, 5.74) is 2.00. The van der Waals surface area contributed by atoms with Crippen LogP contribution in [0.25, 0.3) is 0 Å². The number of likely N-dealkylation sites (tertiary alicyclic amines) is 1. The smallest absolute Gasteiger partial charge is 0.303 e. The lowest BCUT2D eigenvalue weighted by molar-refractivity contribution is -0.140. The van der Waals surface area contributed by atoms with Gasteiger partial charge in [-0.05, 0) is 37.0 Å². The second-order valence-electron chi connectivity index (χ2n) is 7.64. The molecule has 158 valence electrons. The van der Waals surface area contributed by atoms with E-state index in [9.17, 15) is 14.4 Å². The number of carbonyl (C=O) groups is 3. The number of anilines is 1. The molecule has 0 atom stereocenters. The predicted molar refractivity (Wildman–Crippen MR) is 115 cm³/mol. The van der Waals surface area contributed by atoms with Crippen LogP contribution in [0.3, 0.4) is 0 Å². The van der Waals surface area contributed by atoms with Gasteiger partial charge < -0.3 is 14.9 Å². The Balaban J connectivity index is 1.62. The van der Waals surface area contributed by atoms with Gasteiger partial charge in [0.2, 0.25) is 5.78 Å². The summed E-state index contributed by atoms with van der Waals surface area (Å²) in [6.45, 7) is 2.68. The van der Waals surface area contributed by atoms with E-state index in [1.807, 2.05) is 48.5 Å². The number of carbonyl (C=O) groups excluding carboxylic acids is 2. The van der Waals surface area contributed by atoms with Crippen LogP contribution in [0.15, 0.2) is 60.7 Å². The van der Waals surface area contributed by atoms with E-state index in [2.05, 4.69) is 17.0 Å². The van der Waals surface area contributed by atoms with Gasteiger partial charge in [-0.1, -0.05) is 48.5 Å². The van der Waals surface area contributed by atoms with Gasteiger partial charge in [0, 0.05) is 37.8 Å². The first-order chi connectivity index (χ1) is 14.5. The summed E-state index contributed by atoms with van der Waals surface area (Å²) >= 11 is 0. The minimum absolute atomic E-state index is 0.0679. The van der Waals surface area contributed by atoms with Crippen LogP contribution < -0.4 is 4.90 Å². The van der Waals surface area contributed by atoms with Crippen molar-refractivity contribution >= 4 is 23.3 Å². The summed E-state index contributed by atoms with van der Waals surface area (Å²) in [4.78, 5) is 40.0. The highest BCUT2D eigenvalue weighted by molar-refractivity contribution is 6.41. The Hall–Kier alpha value is -2.99. The third-order valence-electron chi connectivity index (χ3n) is 5.54. The van der Waals surface area contributed by atoms with E-state index >= 15 is 0 Å². The zero-order chi connectivity index (χ0) is 21.3. The Labute approximate surface area is 177 Å². The average molecular weight is 408 g/mol. The van der Waals surface area contributed by atoms with Crippen molar-refractivity contribution in [3.05, 3.63) is 66.2 Å². The van der Waals surface area contributed by atoms with Crippen molar-refractivity contribution in [1.82, 2.24) is 4.90 Å². The van der Waals surface area contributed by atoms with Crippen LogP contribution in [0.4, 0.5) is 5.69 Å². The van der Waals surface area contributed by atoms with Crippen molar-refractivity contribution in [1.29, 1.82) is 0 Å². The Morgan fingerprint density at radius 2 is 1.50 bits per heavy atom. The number of benzene rings is 2. The molecular formula is C24H28N2O4. The van der Waals surface area contributed by atoms with Crippen molar-refractivity contribution < 1.29 is 19.5 Å². The SMILES string of the molecule is O=C(O)CCC(=O)C(=O)N(c1ccccc1)C1CCN(CCc2ccccc2)CC1. The van der Waals surface area contributed by atoms with Gasteiger partial charge in [0.25, 0.3) is 5.91 Å². The van der Waals surface area contributed by atoms with Crippen LogP contribution >= 0.6 is 0 Å². The fourth-order valence-electron chi connectivity index (χ4n) is 3.88. The van der Waals surface area contributed by atoms with Crippen molar-refractivity contribution in [3.63, 3.8) is 0 Å². The lowest BCUT2D eigenvalue weighted by Crippen LogP contribution is -2.50. The molecule has 1 aliphatic heterocycles. The number of Topliss-reactive ketones (excluding diaryl/α,β-unsaturated/α-hetero) is 1. The highest BCUT2D eigenvalue weighted by atomic mass is 16.4. The Morgan fingerprint density at radius 1 is 0.900 bits per heavy atom. The molecule has 0 aromatic heterocycles. The van der Waals surface area contributed by atoms with Crippen LogP contribution in [0.2, 0.25) is 0 Å². The van der Waals surface area contributed by atoms with E-state index in [0.29, 0.717) is 5.69 Å². The van der Waals surface area contributed by atoms with Gasteiger partial charge in [-0.2, -0.15) is 0 Å². The molecule has 0 aliphatic carbocycles. The maximum Gasteiger partial charge on any atom is 0.303 e. The molecule has 6 nitrogen and oxygen atoms in total. The number of para-hydroxylation sites is 1. The largest absolute Gasteiger partial charge is 0.481 e. The molecule has 1 saturated heterocycles. The molecule has 2 aromatic carbocycles. The van der Waals surface area contributed by atoms with E-state index in [0.717, 1.165) is 38.9 Å². The van der Waals surface area contributed by atoms with E-state index in [1.54, 1.807) is 4.90 Å². The average Bonchev–Trinajstić information content (AvgIpc) is 2.78. The van der Waals surface area contributed by atoms with Gasteiger partial charge >= 0.3 is 5.97 Å². The van der Waals surface area contributed by atoms with Crippen molar-refractivity contribution in [2.75, 3.05) is 24.5 Å². The lowest BCUT2D eigenvalue weighted by Gasteiger charge is -2.38. The van der Waals surface area contributed by atoms with Crippen molar-refractivity contribution in [3.8, 4) is 0 Å². The topological polar surface area (TPSA) is 77.9 Å². The zero-order valence-corrected chi connectivity index (χ0v) is 17.1. The number of carboxylic acids is 1. The van der Waals surface area contributed by atoms with Gasteiger partial charge in [-0.3, -0.25) is 14.4 Å². The Kier molecular flexibility index (Phi) is 7.74. The third kappa shape index (κ3) is 6.00. The minimum Gasteiger partial charge on any atom is -0.481 e. The summed E-state index contributed by atoms with van der Waals surface area (Å²) in [5.74, 6) is -2.33. The number of rotatable bonds is 9. The van der Waals surface area contributed by atoms with Gasteiger partial charge in [0.15, 0.2) is 0 Å². The molecule has 0 bridgehead atoms. The third-order valence-corrected chi connectivity index (χ3v) is 5.54. The molecule has 2 aromatic rings. The fraction of sp³-hybridized carbons (Fsp3) is 0.375. The summed E-state index contributed by atoms with van der Waals surface area (Å²) in [6, 6.07) is 19.5. The molecule has 6 heteroatoms. The summed E-state index contributed by atoms with van der Waals surface area (Å²) < 4.78 is 0. The molecule has 1 N–H and O–H groups in total. The van der Waals surface area contributed by atoms with E-state index < -0.39 is 17.7 Å². The minimum atomic E-state index is -1.07. The predicted octanol–water partition coefficient (Wildman–Crippen LogP) is 3.16. The highest BCUT2D eigenvalue weighted by Gasteiger charge is 2.32. The second-order valence-corrected chi connectivity index (χ2v) is 7.64. The number of ketones is 1. The first-order valence-corrected chi connectivity index (χ1v) is 10.4. The molecule has 0 spiro atoms. The molecule has 1 amide bonds. The first kappa shape index (κ1) is 21.7. The molecule has 30 heavy (non-hydrogen) atoms. The summed E-state index contributed by atoms with van der Waals surface area (Å²) in [5, 5.41) is 8.83. The van der Waals surface area contributed by atoms with Crippen LogP contribution in [0.1, 0.15) is 31.2 Å². The van der Waals surface area contributed by atoms with Gasteiger partial charge in [-0.15, -0.1) is 0 Å². The molecule has 0 unspecified atom stereocenters. The normalized spacial score (nSPS) is 14.9. The van der Waals surface area contributed by atoms with E-state index in [-0.39, 0.29) is 18.9 Å². The monoisotopic (exact) mass is 408 g/mol. The fourth-order valence-corrected chi connectivity index (χ4v) is 3.88. The second kappa shape index (κ2) is 10.7. The number of carboxylic acid groups (broad SMARTS) is 1. The van der Waals surface area contributed by atoms with Crippen LogP contribution in [-0.2, 0) is 20.8 Å². The summed E-state index contributed by atoms with van der Waals surface area (Å²) in [7, 11) is 0. The standard InChI is InChI=1S/C24H28N2O4/c27-22(11-12-23(28)29)24(30)26(20-9-5-2-6-10-20)21-14-17-25(18-15-21)16-13-19-7-3-1-4-8-19/h1-10,21H,11-18H2,(H,28,29). The maximum atomic E-state index is 12.9. The Bertz CT molecular complexity index is 846. The molecule has 3 rings (SSSR count). The van der Waals surface area contributed by atoms with Gasteiger partial charge in [0.05, 0.1) is 6.42 Å². The van der Waals surface area contributed by atoms with Gasteiger partial charge in [0.1, 0.15) is 0 Å². The van der Waals surface area contributed by atoms with E-state index in [4.69, 9.17) is 5.11 Å². The lowest BCUT2D eigenvalue weighted by atomic mass is 10.00. The zero-order valence-electron chi connectivity index (χ0n) is 17.1. The van der Waals surface area contributed by atoms with Crippen LogP contribution in [0, 0.1) is 0 Å². The maximum absolute atomic E-state index is 12.9. The number of hydrogen-bond acceptors (Lipinski definition) is 4. The number of hydrogen-bond donors (Lipinski definition) is 1.